The fourth-order valence-corrected chi connectivity index (χ4v) is 5.67. The Morgan fingerprint density at radius 2 is 1.88 bits per heavy atom. The van der Waals surface area contributed by atoms with Crippen LogP contribution in [0.5, 0.6) is 11.5 Å². The van der Waals surface area contributed by atoms with Crippen molar-refractivity contribution in [2.45, 2.75) is 62.8 Å². The van der Waals surface area contributed by atoms with E-state index in [1.165, 1.54) is 26.2 Å². The quantitative estimate of drug-likeness (QED) is 0.142. The van der Waals surface area contributed by atoms with E-state index >= 15 is 0 Å². The van der Waals surface area contributed by atoms with Gasteiger partial charge in [0.25, 0.3) is 0 Å². The van der Waals surface area contributed by atoms with E-state index in [9.17, 15) is 40.2 Å². The Bertz CT molecular complexity index is 1150. The molecule has 3 heterocycles. The van der Waals surface area contributed by atoms with Crippen LogP contribution in [0.2, 0.25) is 0 Å². The number of esters is 1. The van der Waals surface area contributed by atoms with Crippen LogP contribution in [0, 0.1) is 11.8 Å². The van der Waals surface area contributed by atoms with E-state index in [2.05, 4.69) is 6.58 Å². The number of phenolic OH excluding ortho intramolecular Hbond substituents is 2. The van der Waals surface area contributed by atoms with Crippen molar-refractivity contribution in [2.75, 3.05) is 20.3 Å². The van der Waals surface area contributed by atoms with Crippen LogP contribution in [-0.4, -0.2) is 105 Å². The summed E-state index contributed by atoms with van der Waals surface area (Å²) in [6.45, 7) is 4.92. The van der Waals surface area contributed by atoms with E-state index in [4.69, 9.17) is 18.9 Å². The largest absolute Gasteiger partial charge is 0.504 e. The number of phenols is 2. The van der Waals surface area contributed by atoms with Gasteiger partial charge in [-0.25, -0.2) is 4.79 Å². The number of amides is 1. The molecule has 1 saturated heterocycles. The van der Waals surface area contributed by atoms with E-state index < -0.39 is 67.4 Å². The van der Waals surface area contributed by atoms with Gasteiger partial charge in [0, 0.05) is 30.9 Å². The second-order valence-corrected chi connectivity index (χ2v) is 10.0. The van der Waals surface area contributed by atoms with Crippen molar-refractivity contribution in [1.82, 2.24) is 4.90 Å². The first-order chi connectivity index (χ1) is 19.0. The summed E-state index contributed by atoms with van der Waals surface area (Å²) < 4.78 is 22.0. The van der Waals surface area contributed by atoms with E-state index in [0.29, 0.717) is 18.5 Å². The second-order valence-electron chi connectivity index (χ2n) is 10.0. The van der Waals surface area contributed by atoms with Crippen molar-refractivity contribution < 1.29 is 59.2 Å². The minimum atomic E-state index is -1.70. The zero-order valence-corrected chi connectivity index (χ0v) is 22.1. The maximum absolute atomic E-state index is 12.8. The number of hydrogen-bond donors (Lipinski definition) is 6. The molecule has 1 fully saturated rings. The molecule has 3 aliphatic heterocycles. The Balaban J connectivity index is 1.70. The summed E-state index contributed by atoms with van der Waals surface area (Å²) in [6, 6.07) is 2.28. The zero-order chi connectivity index (χ0) is 29.3. The molecule has 13 nitrogen and oxygen atoms in total. The Morgan fingerprint density at radius 3 is 2.50 bits per heavy atom. The van der Waals surface area contributed by atoms with E-state index in [0.717, 1.165) is 11.8 Å². The van der Waals surface area contributed by atoms with Crippen LogP contribution in [0.15, 0.2) is 36.6 Å². The molecule has 40 heavy (non-hydrogen) atoms. The Morgan fingerprint density at radius 1 is 1.15 bits per heavy atom. The maximum atomic E-state index is 12.8. The molecule has 6 N–H and O–H groups in total. The minimum absolute atomic E-state index is 0.0547. The SMILES string of the molecule is C=C[C@H]1[C@H](O[C@@H]2O[C@@H](CO)[C@H](O)[C@H](O)[C@@H]2O)OC=C(C(=O)OC)[C@H]1C[C@H]1c2c(ccc(O)c2O)CCN1C(C)=O. The monoisotopic (exact) mass is 565 g/mol. The number of carbonyl (C=O) groups excluding carboxylic acids is 2. The standard InChI is InChI=1S/C27H35NO12/c1-4-14-15(9-17-20-13(5-6-18(31)21(20)32)7-8-28(17)12(2)30)16(25(36)37-3)11-38-26(14)40-27-24(35)23(34)22(33)19(10-29)39-27/h4-6,11,14-15,17,19,22-24,26-27,29,31-35H,1,7-10H2,2-3H3/t14-,15+,17+,19+,22+,23+,24+,26+,27+/m1/s1. The van der Waals surface area contributed by atoms with Crippen LogP contribution in [0.1, 0.15) is 30.5 Å². The lowest BCUT2D eigenvalue weighted by molar-refractivity contribution is -0.339. The third-order valence-electron chi connectivity index (χ3n) is 7.82. The van der Waals surface area contributed by atoms with Crippen LogP contribution >= 0.6 is 0 Å². The maximum Gasteiger partial charge on any atom is 0.337 e. The number of benzene rings is 1. The topological polar surface area (TPSA) is 196 Å². The summed E-state index contributed by atoms with van der Waals surface area (Å²) in [6.07, 6.45) is -5.86. The molecular weight excluding hydrogens is 530 g/mol. The van der Waals surface area contributed by atoms with Gasteiger partial charge in [0.2, 0.25) is 12.2 Å². The van der Waals surface area contributed by atoms with Gasteiger partial charge in [-0.15, -0.1) is 6.58 Å². The van der Waals surface area contributed by atoms with Gasteiger partial charge in [-0.3, -0.25) is 4.79 Å². The van der Waals surface area contributed by atoms with Gasteiger partial charge in [-0.05, 0) is 24.5 Å². The predicted octanol–water partition coefficient (Wildman–Crippen LogP) is -0.418. The van der Waals surface area contributed by atoms with Gasteiger partial charge >= 0.3 is 5.97 Å². The van der Waals surface area contributed by atoms with Crippen molar-refractivity contribution in [3.8, 4) is 11.5 Å². The third kappa shape index (κ3) is 5.40. The van der Waals surface area contributed by atoms with Crippen molar-refractivity contribution >= 4 is 11.9 Å². The third-order valence-corrected chi connectivity index (χ3v) is 7.82. The molecule has 1 aromatic rings. The second kappa shape index (κ2) is 12.1. The van der Waals surface area contributed by atoms with Gasteiger partial charge < -0.3 is 54.5 Å². The lowest BCUT2D eigenvalue weighted by atomic mass is 9.76. The Labute approximate surface area is 230 Å². The summed E-state index contributed by atoms with van der Waals surface area (Å²) in [5.74, 6) is -3.30. The molecule has 3 aliphatic rings. The summed E-state index contributed by atoms with van der Waals surface area (Å²) in [7, 11) is 1.20. The number of aromatic hydroxyl groups is 2. The van der Waals surface area contributed by atoms with Crippen LogP contribution in [0.3, 0.4) is 0 Å². The molecule has 220 valence electrons. The smallest absolute Gasteiger partial charge is 0.337 e. The Hall–Kier alpha value is -3.20. The first-order valence-electron chi connectivity index (χ1n) is 12.9. The van der Waals surface area contributed by atoms with Gasteiger partial charge in [-0.1, -0.05) is 12.1 Å². The van der Waals surface area contributed by atoms with Gasteiger partial charge in [-0.2, -0.15) is 0 Å². The average Bonchev–Trinajstić information content (AvgIpc) is 2.94. The van der Waals surface area contributed by atoms with E-state index in [1.54, 1.807) is 11.0 Å². The van der Waals surface area contributed by atoms with E-state index in [-0.39, 0.29) is 29.4 Å². The van der Waals surface area contributed by atoms with Crippen molar-refractivity contribution in [3.05, 3.63) is 47.7 Å². The molecule has 0 aliphatic carbocycles. The molecule has 1 aromatic carbocycles. The lowest BCUT2D eigenvalue weighted by Crippen LogP contribution is -2.60. The number of ether oxygens (including phenoxy) is 4. The summed E-state index contributed by atoms with van der Waals surface area (Å²) >= 11 is 0. The van der Waals surface area contributed by atoms with Crippen LogP contribution in [0.4, 0.5) is 0 Å². The van der Waals surface area contributed by atoms with Crippen molar-refractivity contribution in [1.29, 1.82) is 0 Å². The number of hydrogen-bond acceptors (Lipinski definition) is 12. The first-order valence-corrected chi connectivity index (χ1v) is 12.9. The number of nitrogens with zero attached hydrogens (tertiary/aromatic N) is 1. The summed E-state index contributed by atoms with van der Waals surface area (Å²) in [5, 5.41) is 61.3. The molecule has 9 atom stereocenters. The summed E-state index contributed by atoms with van der Waals surface area (Å²) in [4.78, 5) is 27.0. The van der Waals surface area contributed by atoms with Crippen molar-refractivity contribution in [2.24, 2.45) is 11.8 Å². The van der Waals surface area contributed by atoms with Gasteiger partial charge in [0.05, 0.1) is 31.6 Å². The summed E-state index contributed by atoms with van der Waals surface area (Å²) in [5.41, 5.74) is 1.18. The molecule has 0 saturated carbocycles. The minimum Gasteiger partial charge on any atom is -0.504 e. The highest BCUT2D eigenvalue weighted by Crippen LogP contribution is 2.47. The number of aliphatic hydroxyl groups is 4. The molecule has 1 amide bonds. The zero-order valence-electron chi connectivity index (χ0n) is 22.1. The molecule has 0 spiro atoms. The number of rotatable bonds is 7. The number of methoxy groups -OCH3 is 1. The molecule has 0 unspecified atom stereocenters. The normalized spacial score (nSPS) is 33.8. The molecule has 0 aromatic heterocycles. The fourth-order valence-electron chi connectivity index (χ4n) is 5.67. The highest BCUT2D eigenvalue weighted by molar-refractivity contribution is 5.89. The van der Waals surface area contributed by atoms with Gasteiger partial charge in [0.15, 0.2) is 17.8 Å². The number of aliphatic hydroxyl groups excluding tert-OH is 4. The average molecular weight is 566 g/mol. The van der Waals surface area contributed by atoms with Crippen molar-refractivity contribution in [3.63, 3.8) is 0 Å². The molecule has 13 heteroatoms. The molecular formula is C27H35NO12. The van der Waals surface area contributed by atoms with Crippen LogP contribution < -0.4 is 0 Å². The van der Waals surface area contributed by atoms with Gasteiger partial charge in [0.1, 0.15) is 24.4 Å². The molecule has 0 radical (unpaired) electrons. The Kier molecular flexibility index (Phi) is 9.02. The highest BCUT2D eigenvalue weighted by atomic mass is 16.8. The number of fused-ring (bicyclic) bond motifs is 1. The van der Waals surface area contributed by atoms with E-state index in [1.807, 2.05) is 0 Å². The molecule has 0 bridgehead atoms. The molecule has 4 rings (SSSR count). The lowest BCUT2D eigenvalue weighted by Gasteiger charge is -2.44. The van der Waals surface area contributed by atoms with Crippen LogP contribution in [-0.2, 0) is 35.0 Å². The number of carbonyl (C=O) groups is 2. The van der Waals surface area contributed by atoms with Crippen LogP contribution in [0.25, 0.3) is 0 Å². The first kappa shape index (κ1) is 29.8. The fraction of sp³-hybridized carbons (Fsp3) is 0.556. The predicted molar refractivity (Wildman–Crippen MR) is 135 cm³/mol. The highest BCUT2D eigenvalue weighted by Gasteiger charge is 2.48.